The van der Waals surface area contributed by atoms with E-state index in [2.05, 4.69) is 47.0 Å². The number of aromatic nitrogens is 2. The van der Waals surface area contributed by atoms with Crippen LogP contribution in [0.25, 0.3) is 11.3 Å². The summed E-state index contributed by atoms with van der Waals surface area (Å²) in [6.07, 6.45) is 0. The normalized spacial score (nSPS) is 10.7. The van der Waals surface area contributed by atoms with Gasteiger partial charge in [0.05, 0.1) is 18.6 Å². The van der Waals surface area contributed by atoms with Gasteiger partial charge in [-0.05, 0) is 43.7 Å². The number of thioether (sulfide) groups is 1. The van der Waals surface area contributed by atoms with E-state index < -0.39 is 5.97 Å². The van der Waals surface area contributed by atoms with Crippen molar-refractivity contribution in [3.63, 3.8) is 0 Å². The largest absolute Gasteiger partial charge is 0.463 e. The molecule has 2 heterocycles. The highest BCUT2D eigenvalue weighted by Gasteiger charge is 2.11. The summed E-state index contributed by atoms with van der Waals surface area (Å²) in [6.45, 7) is 4.14. The Balaban J connectivity index is 1.66. The zero-order valence-corrected chi connectivity index (χ0v) is 15.1. The van der Waals surface area contributed by atoms with Gasteiger partial charge in [-0.1, -0.05) is 35.5 Å². The predicted octanol–water partition coefficient (Wildman–Crippen LogP) is 4.43. The summed E-state index contributed by atoms with van der Waals surface area (Å²) < 4.78 is 10.1. The molecule has 0 aliphatic rings. The lowest BCUT2D eigenvalue weighted by molar-refractivity contribution is 0.0563. The molecule has 2 aromatic heterocycles. The first-order chi connectivity index (χ1) is 12.1. The molecule has 0 atom stereocenters. The zero-order chi connectivity index (χ0) is 17.8. The maximum absolute atomic E-state index is 11.4. The molecule has 0 N–H and O–H groups in total. The average molecular weight is 354 g/mol. The fourth-order valence-corrected chi connectivity index (χ4v) is 3.16. The molecule has 128 valence electrons. The summed E-state index contributed by atoms with van der Waals surface area (Å²) in [5, 5.41) is 9.39. The van der Waals surface area contributed by atoms with Crippen molar-refractivity contribution >= 4 is 17.7 Å². The van der Waals surface area contributed by atoms with E-state index in [1.165, 1.54) is 30.0 Å². The van der Waals surface area contributed by atoms with Gasteiger partial charge >= 0.3 is 5.97 Å². The molecule has 0 radical (unpaired) electrons. The van der Waals surface area contributed by atoms with Gasteiger partial charge in [0, 0.05) is 5.56 Å². The van der Waals surface area contributed by atoms with Crippen LogP contribution < -0.4 is 0 Å². The number of aryl methyl sites for hydroxylation is 2. The second-order valence-corrected chi connectivity index (χ2v) is 6.62. The molecule has 3 rings (SSSR count). The van der Waals surface area contributed by atoms with E-state index in [4.69, 9.17) is 4.42 Å². The van der Waals surface area contributed by atoms with Gasteiger partial charge in [-0.3, -0.25) is 0 Å². The van der Waals surface area contributed by atoms with Crippen molar-refractivity contribution in [2.75, 3.05) is 7.11 Å². The molecular weight excluding hydrogens is 336 g/mol. The Hall–Kier alpha value is -2.60. The van der Waals surface area contributed by atoms with Gasteiger partial charge in [0.1, 0.15) is 10.8 Å². The Morgan fingerprint density at radius 3 is 2.64 bits per heavy atom. The van der Waals surface area contributed by atoms with E-state index in [1.54, 1.807) is 12.1 Å². The quantitative estimate of drug-likeness (QED) is 0.499. The molecule has 0 fully saturated rings. The molecule has 0 unspecified atom stereocenters. The number of methoxy groups -OCH3 is 1. The third kappa shape index (κ3) is 4.09. The Kier molecular flexibility index (Phi) is 5.19. The van der Waals surface area contributed by atoms with Crippen LogP contribution in [0, 0.1) is 13.8 Å². The van der Waals surface area contributed by atoms with Crippen molar-refractivity contribution in [3.05, 3.63) is 65.1 Å². The fourth-order valence-electron chi connectivity index (χ4n) is 2.45. The van der Waals surface area contributed by atoms with Crippen LogP contribution in [0.3, 0.4) is 0 Å². The number of furan rings is 1. The Morgan fingerprint density at radius 2 is 1.96 bits per heavy atom. The highest BCUT2D eigenvalue weighted by Crippen LogP contribution is 2.25. The number of nitrogens with zero attached hydrogens (tertiary/aromatic N) is 2. The van der Waals surface area contributed by atoms with Crippen LogP contribution >= 0.6 is 11.8 Å². The van der Waals surface area contributed by atoms with Crippen molar-refractivity contribution in [2.45, 2.75) is 24.6 Å². The highest BCUT2D eigenvalue weighted by atomic mass is 32.2. The minimum absolute atomic E-state index is 0.203. The molecule has 1 aromatic carbocycles. The Bertz CT molecular complexity index is 888. The molecule has 0 saturated carbocycles. The van der Waals surface area contributed by atoms with E-state index in [0.29, 0.717) is 11.5 Å². The van der Waals surface area contributed by atoms with Gasteiger partial charge in [-0.2, -0.15) is 0 Å². The summed E-state index contributed by atoms with van der Waals surface area (Å²) in [7, 11) is 1.33. The lowest BCUT2D eigenvalue weighted by Crippen LogP contribution is -1.98. The number of hydrogen-bond acceptors (Lipinski definition) is 6. The van der Waals surface area contributed by atoms with Gasteiger partial charge in [-0.15, -0.1) is 10.2 Å². The molecular formula is C19H18N2O3S. The topological polar surface area (TPSA) is 65.2 Å². The molecule has 5 nitrogen and oxygen atoms in total. The van der Waals surface area contributed by atoms with Crippen molar-refractivity contribution in [1.82, 2.24) is 10.2 Å². The molecule has 3 aromatic rings. The van der Waals surface area contributed by atoms with Crippen LogP contribution in [0.15, 0.2) is 51.9 Å². The molecule has 0 bridgehead atoms. The van der Waals surface area contributed by atoms with Gasteiger partial charge in [0.25, 0.3) is 0 Å². The van der Waals surface area contributed by atoms with E-state index in [1.807, 2.05) is 12.1 Å². The number of carbonyl (C=O) groups is 1. The number of benzene rings is 1. The average Bonchev–Trinajstić information content (AvgIpc) is 3.09. The van der Waals surface area contributed by atoms with Crippen molar-refractivity contribution in [2.24, 2.45) is 0 Å². The first-order valence-electron chi connectivity index (χ1n) is 7.78. The SMILES string of the molecule is COC(=O)c1ccc(CSc2ccc(-c3ccc(C)cc3C)nn2)o1. The minimum Gasteiger partial charge on any atom is -0.463 e. The third-order valence-electron chi connectivity index (χ3n) is 3.71. The molecule has 0 saturated heterocycles. The Morgan fingerprint density at radius 1 is 1.12 bits per heavy atom. The number of esters is 1. The summed E-state index contributed by atoms with van der Waals surface area (Å²) in [6, 6.07) is 13.6. The maximum Gasteiger partial charge on any atom is 0.373 e. The van der Waals surface area contributed by atoms with Crippen LogP contribution in [0.5, 0.6) is 0 Å². The van der Waals surface area contributed by atoms with Crippen molar-refractivity contribution < 1.29 is 13.9 Å². The number of hydrogen-bond donors (Lipinski definition) is 0. The smallest absolute Gasteiger partial charge is 0.373 e. The minimum atomic E-state index is -0.478. The summed E-state index contributed by atoms with van der Waals surface area (Å²) >= 11 is 1.50. The first-order valence-corrected chi connectivity index (χ1v) is 8.76. The highest BCUT2D eigenvalue weighted by molar-refractivity contribution is 7.98. The fraction of sp³-hybridized carbons (Fsp3) is 0.211. The van der Waals surface area contributed by atoms with Crippen molar-refractivity contribution in [3.8, 4) is 11.3 Å². The summed E-state index contributed by atoms with van der Waals surface area (Å²) in [4.78, 5) is 11.4. The zero-order valence-electron chi connectivity index (χ0n) is 14.3. The van der Waals surface area contributed by atoms with Gasteiger partial charge in [0.15, 0.2) is 0 Å². The number of carbonyl (C=O) groups excluding carboxylic acids is 1. The predicted molar refractivity (Wildman–Crippen MR) is 96.6 cm³/mol. The van der Waals surface area contributed by atoms with Crippen LogP contribution in [0.4, 0.5) is 0 Å². The number of rotatable bonds is 5. The lowest BCUT2D eigenvalue weighted by atomic mass is 10.0. The molecule has 0 amide bonds. The molecule has 0 aliphatic heterocycles. The molecule has 0 aliphatic carbocycles. The Labute approximate surface area is 150 Å². The first kappa shape index (κ1) is 17.2. The lowest BCUT2D eigenvalue weighted by Gasteiger charge is -2.06. The molecule has 6 heteroatoms. The molecule has 0 spiro atoms. The van der Waals surface area contributed by atoms with Gasteiger partial charge in [-0.25, -0.2) is 4.79 Å². The summed E-state index contributed by atoms with van der Waals surface area (Å²) in [5.74, 6) is 0.975. The number of ether oxygens (including phenoxy) is 1. The van der Waals surface area contributed by atoms with Gasteiger partial charge < -0.3 is 9.15 Å². The maximum atomic E-state index is 11.4. The second-order valence-electron chi connectivity index (χ2n) is 5.62. The monoisotopic (exact) mass is 354 g/mol. The van der Waals surface area contributed by atoms with Crippen molar-refractivity contribution in [1.29, 1.82) is 0 Å². The van der Waals surface area contributed by atoms with E-state index in [0.717, 1.165) is 16.3 Å². The van der Waals surface area contributed by atoms with Crippen LogP contribution in [0.1, 0.15) is 27.4 Å². The van der Waals surface area contributed by atoms with Crippen LogP contribution in [-0.4, -0.2) is 23.3 Å². The van der Waals surface area contributed by atoms with E-state index in [-0.39, 0.29) is 5.76 Å². The third-order valence-corrected chi connectivity index (χ3v) is 4.65. The summed E-state index contributed by atoms with van der Waals surface area (Å²) in [5.41, 5.74) is 4.35. The van der Waals surface area contributed by atoms with Crippen LogP contribution in [0.2, 0.25) is 0 Å². The van der Waals surface area contributed by atoms with E-state index >= 15 is 0 Å². The van der Waals surface area contributed by atoms with Gasteiger partial charge in [0.2, 0.25) is 5.76 Å². The molecule has 25 heavy (non-hydrogen) atoms. The second kappa shape index (κ2) is 7.53. The standard InChI is InChI=1S/C19H18N2O3S/c1-12-4-6-15(13(2)10-12)16-7-9-18(21-20-16)25-11-14-5-8-17(24-14)19(22)23-3/h4-10H,11H2,1-3H3. The van der Waals surface area contributed by atoms with Crippen LogP contribution in [-0.2, 0) is 10.5 Å². The van der Waals surface area contributed by atoms with E-state index in [9.17, 15) is 4.79 Å².